The Bertz CT molecular complexity index is 993. The quantitative estimate of drug-likeness (QED) is 0.687. The van der Waals surface area contributed by atoms with Crippen molar-refractivity contribution in [2.24, 2.45) is 14.1 Å². The van der Waals surface area contributed by atoms with Crippen LogP contribution in [0.5, 0.6) is 0 Å². The third kappa shape index (κ3) is 2.21. The van der Waals surface area contributed by atoms with Crippen molar-refractivity contribution in [3.8, 4) is 0 Å². The zero-order valence-electron chi connectivity index (χ0n) is 13.4. The van der Waals surface area contributed by atoms with Crippen LogP contribution >= 0.6 is 11.3 Å². The molecule has 3 aromatic heterocycles. The number of rotatable bonds is 2. The second-order valence-electron chi connectivity index (χ2n) is 5.75. The van der Waals surface area contributed by atoms with Crippen LogP contribution in [-0.4, -0.2) is 50.3 Å². The summed E-state index contributed by atoms with van der Waals surface area (Å²) < 4.78 is 3.12. The number of fused-ring (bicyclic) bond motifs is 1. The number of hydrogen-bond donors (Lipinski definition) is 1. The molecule has 0 unspecified atom stereocenters. The smallest absolute Gasteiger partial charge is 0.329 e. The van der Waals surface area contributed by atoms with E-state index >= 15 is 0 Å². The molecule has 3 aromatic rings. The highest BCUT2D eigenvalue weighted by atomic mass is 32.1. The highest BCUT2D eigenvalue weighted by molar-refractivity contribution is 7.13. The van der Waals surface area contributed by atoms with Crippen molar-refractivity contribution in [1.29, 1.82) is 0 Å². The van der Waals surface area contributed by atoms with E-state index in [0.717, 1.165) is 31.3 Å². The van der Waals surface area contributed by atoms with Crippen LogP contribution in [-0.2, 0) is 14.1 Å². The molecule has 1 N–H and O–H groups in total. The van der Waals surface area contributed by atoms with Crippen molar-refractivity contribution in [3.05, 3.63) is 32.4 Å². The monoisotopic (exact) mass is 347 g/mol. The fraction of sp³-hybridized carbons (Fsp3) is 0.429. The normalized spacial score (nSPS) is 15.4. The van der Waals surface area contributed by atoms with E-state index in [2.05, 4.69) is 24.8 Å². The second-order valence-corrected chi connectivity index (χ2v) is 6.62. The number of thiazole rings is 1. The summed E-state index contributed by atoms with van der Waals surface area (Å²) in [5.74, 6) is 0.704. The number of H-pyrrole nitrogens is 1. The predicted octanol–water partition coefficient (Wildman–Crippen LogP) is -0.257. The van der Waals surface area contributed by atoms with Crippen LogP contribution < -0.4 is 21.0 Å². The third-order valence-corrected chi connectivity index (χ3v) is 5.20. The zero-order chi connectivity index (χ0) is 16.8. The molecule has 9 nitrogen and oxygen atoms in total. The van der Waals surface area contributed by atoms with Gasteiger partial charge >= 0.3 is 5.69 Å². The molecule has 10 heteroatoms. The first-order chi connectivity index (χ1) is 11.6. The number of imidazole rings is 1. The Kier molecular flexibility index (Phi) is 3.41. The molecule has 0 saturated carbocycles. The average molecular weight is 347 g/mol. The van der Waals surface area contributed by atoms with Gasteiger partial charge in [-0.1, -0.05) is 0 Å². The van der Waals surface area contributed by atoms with Gasteiger partial charge in [0.05, 0.1) is 0 Å². The van der Waals surface area contributed by atoms with Crippen LogP contribution in [0.15, 0.2) is 21.2 Å². The van der Waals surface area contributed by atoms with Crippen LogP contribution in [0.2, 0.25) is 0 Å². The summed E-state index contributed by atoms with van der Waals surface area (Å²) in [6.07, 6.45) is 1.81. The molecule has 0 amide bonds. The number of piperazine rings is 1. The molecule has 4 rings (SSSR count). The molecule has 1 fully saturated rings. The molecule has 0 bridgehead atoms. The van der Waals surface area contributed by atoms with Crippen molar-refractivity contribution >= 4 is 33.6 Å². The minimum atomic E-state index is -0.453. The number of nitrogens with one attached hydrogen (secondary N) is 1. The molecule has 0 radical (unpaired) electrons. The van der Waals surface area contributed by atoms with Gasteiger partial charge in [0.25, 0.3) is 5.56 Å². The number of nitrogens with zero attached hydrogens (tertiary/aromatic N) is 6. The summed E-state index contributed by atoms with van der Waals surface area (Å²) in [4.78, 5) is 39.5. The van der Waals surface area contributed by atoms with Gasteiger partial charge < -0.3 is 14.4 Å². The summed E-state index contributed by atoms with van der Waals surface area (Å²) >= 11 is 1.63. The van der Waals surface area contributed by atoms with Crippen LogP contribution in [0, 0.1) is 0 Å². The SMILES string of the molecule is Cn1c(N2CCN(c3nccs3)CC2)nc2c1c(=O)[nH]c(=O)n2C. The maximum absolute atomic E-state index is 12.1. The molecule has 0 aromatic carbocycles. The fourth-order valence-electron chi connectivity index (χ4n) is 3.05. The molecule has 24 heavy (non-hydrogen) atoms. The number of anilines is 2. The minimum Gasteiger partial charge on any atom is -0.345 e. The van der Waals surface area contributed by atoms with Gasteiger partial charge in [-0.2, -0.15) is 4.98 Å². The summed E-state index contributed by atoms with van der Waals surface area (Å²) in [7, 11) is 3.41. The van der Waals surface area contributed by atoms with Crippen LogP contribution in [0.1, 0.15) is 0 Å². The lowest BCUT2D eigenvalue weighted by atomic mass is 10.3. The molecule has 0 atom stereocenters. The van der Waals surface area contributed by atoms with E-state index in [0.29, 0.717) is 17.1 Å². The Balaban J connectivity index is 1.67. The summed E-state index contributed by atoms with van der Waals surface area (Å²) in [6, 6.07) is 0. The first-order valence-electron chi connectivity index (χ1n) is 7.61. The Hall–Kier alpha value is -2.62. The summed E-state index contributed by atoms with van der Waals surface area (Å²) in [5.41, 5.74) is -0.0421. The van der Waals surface area contributed by atoms with Gasteiger partial charge in [-0.3, -0.25) is 14.3 Å². The maximum atomic E-state index is 12.1. The number of hydrogen-bond acceptors (Lipinski definition) is 7. The standard InChI is InChI=1S/C14H17N7O2S/c1-18-9-10(19(2)13(23)17-11(9)22)16-12(18)20-4-6-21(7-5-20)14-15-3-8-24-14/h3,8H,4-7H2,1-2H3,(H,17,22,23). The van der Waals surface area contributed by atoms with Gasteiger partial charge in [0.2, 0.25) is 5.95 Å². The largest absolute Gasteiger partial charge is 0.345 e. The molecule has 1 saturated heterocycles. The van der Waals surface area contributed by atoms with E-state index < -0.39 is 11.2 Å². The van der Waals surface area contributed by atoms with E-state index in [-0.39, 0.29) is 0 Å². The van der Waals surface area contributed by atoms with Gasteiger partial charge in [0.1, 0.15) is 0 Å². The highest BCUT2D eigenvalue weighted by Gasteiger charge is 2.24. The van der Waals surface area contributed by atoms with Gasteiger partial charge in [-0.05, 0) is 0 Å². The molecular formula is C14H17N7O2S. The molecule has 126 valence electrons. The van der Waals surface area contributed by atoms with Gasteiger partial charge in [-0.15, -0.1) is 11.3 Å². The number of aromatic nitrogens is 5. The summed E-state index contributed by atoms with van der Waals surface area (Å²) in [5, 5.41) is 3.00. The van der Waals surface area contributed by atoms with Gasteiger partial charge in [-0.25, -0.2) is 9.78 Å². The topological polar surface area (TPSA) is 92.1 Å². The van der Waals surface area contributed by atoms with E-state index in [9.17, 15) is 9.59 Å². The van der Waals surface area contributed by atoms with Gasteiger partial charge in [0, 0.05) is 51.9 Å². The lowest BCUT2D eigenvalue weighted by molar-refractivity contribution is 0.631. The van der Waals surface area contributed by atoms with E-state index in [1.165, 1.54) is 4.57 Å². The van der Waals surface area contributed by atoms with Crippen molar-refractivity contribution < 1.29 is 0 Å². The van der Waals surface area contributed by atoms with E-state index in [4.69, 9.17) is 0 Å². The number of aryl methyl sites for hydroxylation is 2. The minimum absolute atomic E-state index is 0.406. The van der Waals surface area contributed by atoms with Gasteiger partial charge in [0.15, 0.2) is 16.3 Å². The molecule has 1 aliphatic rings. The maximum Gasteiger partial charge on any atom is 0.329 e. The molecular weight excluding hydrogens is 330 g/mol. The third-order valence-electron chi connectivity index (χ3n) is 4.36. The molecule has 0 spiro atoms. The molecule has 4 heterocycles. The predicted molar refractivity (Wildman–Crippen MR) is 93.1 cm³/mol. The summed E-state index contributed by atoms with van der Waals surface area (Å²) in [6.45, 7) is 3.24. The second kappa shape index (κ2) is 5.48. The lowest BCUT2D eigenvalue weighted by Gasteiger charge is -2.34. The average Bonchev–Trinajstić information content (AvgIpc) is 3.21. The van der Waals surface area contributed by atoms with Crippen LogP contribution in [0.3, 0.4) is 0 Å². The number of aromatic amines is 1. The van der Waals surface area contributed by atoms with E-state index in [1.54, 1.807) is 30.0 Å². The molecule has 0 aliphatic carbocycles. The Morgan fingerprint density at radius 3 is 2.46 bits per heavy atom. The Labute approximate surface area is 140 Å². The first-order valence-corrected chi connectivity index (χ1v) is 8.49. The molecule has 1 aliphatic heterocycles. The van der Waals surface area contributed by atoms with Crippen LogP contribution in [0.25, 0.3) is 11.2 Å². The van der Waals surface area contributed by atoms with E-state index in [1.807, 2.05) is 11.6 Å². The van der Waals surface area contributed by atoms with Crippen molar-refractivity contribution in [2.45, 2.75) is 0 Å². The Morgan fingerprint density at radius 1 is 1.08 bits per heavy atom. The fourth-order valence-corrected chi connectivity index (χ4v) is 3.75. The first kappa shape index (κ1) is 14.9. The highest BCUT2D eigenvalue weighted by Crippen LogP contribution is 2.22. The lowest BCUT2D eigenvalue weighted by Crippen LogP contribution is -2.47. The van der Waals surface area contributed by atoms with Crippen molar-refractivity contribution in [2.75, 3.05) is 36.0 Å². The van der Waals surface area contributed by atoms with Crippen molar-refractivity contribution in [3.63, 3.8) is 0 Å². The van der Waals surface area contributed by atoms with Crippen LogP contribution in [0.4, 0.5) is 11.1 Å². The Morgan fingerprint density at radius 2 is 1.79 bits per heavy atom. The zero-order valence-corrected chi connectivity index (χ0v) is 14.2. The van der Waals surface area contributed by atoms with Crippen molar-refractivity contribution in [1.82, 2.24) is 24.1 Å².